The Bertz CT molecular complexity index is 813. The minimum Gasteiger partial charge on any atom is -0.345 e. The first kappa shape index (κ1) is 15.2. The molecular weight excluding hydrogens is 316 g/mol. The number of benzene rings is 1. The molecule has 0 amide bonds. The maximum atomic E-state index is 6.02. The van der Waals surface area contributed by atoms with E-state index in [0.717, 1.165) is 5.69 Å². The highest BCUT2D eigenvalue weighted by molar-refractivity contribution is 7.98. The van der Waals surface area contributed by atoms with Crippen LogP contribution in [0.2, 0.25) is 5.15 Å². The highest BCUT2D eigenvalue weighted by atomic mass is 35.5. The molecule has 3 rings (SSSR count). The van der Waals surface area contributed by atoms with Gasteiger partial charge in [-0.3, -0.25) is 0 Å². The van der Waals surface area contributed by atoms with Crippen LogP contribution in [0.15, 0.2) is 41.7 Å². The minimum absolute atomic E-state index is 0.439. The van der Waals surface area contributed by atoms with E-state index in [0.29, 0.717) is 22.2 Å². The van der Waals surface area contributed by atoms with Crippen LogP contribution in [0.3, 0.4) is 0 Å². The standard InChI is InChI=1S/C16H17ClN4S/c1-10(2)21-7-6-11-8-12(4-5-13(11)21)18-15-9-14(17)19-16(20-15)22-3/h4-10H,1-3H3,(H,18,19,20). The van der Waals surface area contributed by atoms with E-state index in [1.807, 2.05) is 6.26 Å². The van der Waals surface area contributed by atoms with Gasteiger partial charge in [-0.15, -0.1) is 0 Å². The molecule has 1 aromatic carbocycles. The molecule has 3 aromatic rings. The van der Waals surface area contributed by atoms with Crippen LogP contribution in [-0.2, 0) is 0 Å². The highest BCUT2D eigenvalue weighted by Gasteiger charge is 2.07. The zero-order valence-corrected chi connectivity index (χ0v) is 14.2. The number of anilines is 2. The van der Waals surface area contributed by atoms with Gasteiger partial charge in [0.25, 0.3) is 0 Å². The topological polar surface area (TPSA) is 42.7 Å². The fraction of sp³-hybridized carbons (Fsp3) is 0.250. The molecule has 0 aliphatic heterocycles. The SMILES string of the molecule is CSc1nc(Cl)cc(Nc2ccc3c(ccn3C(C)C)c2)n1. The van der Waals surface area contributed by atoms with Crippen molar-refractivity contribution in [3.63, 3.8) is 0 Å². The summed E-state index contributed by atoms with van der Waals surface area (Å²) in [5, 5.41) is 5.58. The Labute approximate surface area is 138 Å². The Kier molecular flexibility index (Phi) is 4.27. The van der Waals surface area contributed by atoms with Crippen molar-refractivity contribution in [1.29, 1.82) is 0 Å². The number of aromatic nitrogens is 3. The minimum atomic E-state index is 0.439. The molecule has 0 aliphatic carbocycles. The molecule has 0 radical (unpaired) electrons. The molecule has 0 bridgehead atoms. The average Bonchev–Trinajstić information content (AvgIpc) is 2.89. The van der Waals surface area contributed by atoms with Gasteiger partial charge in [-0.1, -0.05) is 23.4 Å². The fourth-order valence-corrected chi connectivity index (χ4v) is 3.00. The third-order valence-electron chi connectivity index (χ3n) is 3.41. The van der Waals surface area contributed by atoms with E-state index < -0.39 is 0 Å². The average molecular weight is 333 g/mol. The van der Waals surface area contributed by atoms with Crippen LogP contribution >= 0.6 is 23.4 Å². The summed E-state index contributed by atoms with van der Waals surface area (Å²) in [6, 6.07) is 10.6. The number of hydrogen-bond acceptors (Lipinski definition) is 4. The second-order valence-corrected chi connectivity index (χ2v) is 6.44. The molecule has 0 spiro atoms. The molecule has 114 valence electrons. The number of hydrogen-bond donors (Lipinski definition) is 1. The second kappa shape index (κ2) is 6.18. The molecule has 0 saturated heterocycles. The Morgan fingerprint density at radius 2 is 2.00 bits per heavy atom. The Balaban J connectivity index is 1.93. The van der Waals surface area contributed by atoms with Gasteiger partial charge >= 0.3 is 0 Å². The summed E-state index contributed by atoms with van der Waals surface area (Å²) in [5.74, 6) is 0.701. The van der Waals surface area contributed by atoms with E-state index in [1.165, 1.54) is 22.7 Å². The van der Waals surface area contributed by atoms with E-state index in [9.17, 15) is 0 Å². The van der Waals surface area contributed by atoms with Crippen molar-refractivity contribution in [1.82, 2.24) is 14.5 Å². The third kappa shape index (κ3) is 3.05. The van der Waals surface area contributed by atoms with E-state index in [-0.39, 0.29) is 0 Å². The summed E-state index contributed by atoms with van der Waals surface area (Å²) in [6.45, 7) is 4.36. The summed E-state index contributed by atoms with van der Waals surface area (Å²) in [6.07, 6.45) is 4.04. The van der Waals surface area contributed by atoms with Gasteiger partial charge in [0.1, 0.15) is 11.0 Å². The maximum Gasteiger partial charge on any atom is 0.190 e. The van der Waals surface area contributed by atoms with Gasteiger partial charge < -0.3 is 9.88 Å². The zero-order chi connectivity index (χ0) is 15.7. The van der Waals surface area contributed by atoms with Gasteiger partial charge in [-0.25, -0.2) is 9.97 Å². The zero-order valence-electron chi connectivity index (χ0n) is 12.7. The normalized spacial score (nSPS) is 11.3. The molecule has 6 heteroatoms. The monoisotopic (exact) mass is 332 g/mol. The van der Waals surface area contributed by atoms with Gasteiger partial charge in [-0.2, -0.15) is 0 Å². The summed E-state index contributed by atoms with van der Waals surface area (Å²) in [4.78, 5) is 8.55. The Hall–Kier alpha value is -1.72. The van der Waals surface area contributed by atoms with Crippen LogP contribution < -0.4 is 5.32 Å². The Morgan fingerprint density at radius 1 is 1.18 bits per heavy atom. The smallest absolute Gasteiger partial charge is 0.190 e. The van der Waals surface area contributed by atoms with Gasteiger partial charge in [-0.05, 0) is 44.4 Å². The predicted molar refractivity (Wildman–Crippen MR) is 94.4 cm³/mol. The van der Waals surface area contributed by atoms with Crippen LogP contribution in [-0.4, -0.2) is 20.8 Å². The van der Waals surface area contributed by atoms with Crippen LogP contribution in [0, 0.1) is 0 Å². The first-order chi connectivity index (χ1) is 10.6. The van der Waals surface area contributed by atoms with E-state index in [4.69, 9.17) is 11.6 Å². The Morgan fingerprint density at radius 3 is 2.73 bits per heavy atom. The lowest BCUT2D eigenvalue weighted by atomic mass is 10.2. The van der Waals surface area contributed by atoms with Crippen molar-refractivity contribution in [3.8, 4) is 0 Å². The van der Waals surface area contributed by atoms with Crippen molar-refractivity contribution in [2.45, 2.75) is 25.0 Å². The molecule has 2 heterocycles. The quantitative estimate of drug-likeness (QED) is 0.408. The van der Waals surface area contributed by atoms with Gasteiger partial charge in [0.05, 0.1) is 0 Å². The number of fused-ring (bicyclic) bond motifs is 1. The molecule has 1 N–H and O–H groups in total. The van der Waals surface area contributed by atoms with E-state index in [2.05, 4.69) is 64.2 Å². The van der Waals surface area contributed by atoms with Crippen molar-refractivity contribution < 1.29 is 0 Å². The second-order valence-electron chi connectivity index (χ2n) is 5.28. The van der Waals surface area contributed by atoms with E-state index >= 15 is 0 Å². The van der Waals surface area contributed by atoms with Crippen LogP contribution in [0.25, 0.3) is 10.9 Å². The lowest BCUT2D eigenvalue weighted by Crippen LogP contribution is -1.99. The summed E-state index contributed by atoms with van der Waals surface area (Å²) >= 11 is 7.49. The molecule has 22 heavy (non-hydrogen) atoms. The maximum absolute atomic E-state index is 6.02. The molecule has 0 atom stereocenters. The lowest BCUT2D eigenvalue weighted by Gasteiger charge is -2.10. The number of thioether (sulfide) groups is 1. The molecule has 0 fully saturated rings. The molecule has 0 unspecified atom stereocenters. The molecule has 2 aromatic heterocycles. The number of nitrogens with one attached hydrogen (secondary N) is 1. The third-order valence-corrected chi connectivity index (χ3v) is 4.15. The molecule has 0 aliphatic rings. The molecular formula is C16H17ClN4S. The van der Waals surface area contributed by atoms with Crippen molar-refractivity contribution in [3.05, 3.63) is 41.7 Å². The predicted octanol–water partition coefficient (Wildman–Crippen LogP) is 5.13. The first-order valence-corrected chi connectivity index (χ1v) is 8.63. The lowest BCUT2D eigenvalue weighted by molar-refractivity contribution is 0.623. The van der Waals surface area contributed by atoms with E-state index in [1.54, 1.807) is 6.07 Å². The molecule has 4 nitrogen and oxygen atoms in total. The van der Waals surface area contributed by atoms with Crippen LogP contribution in [0.1, 0.15) is 19.9 Å². The number of halogens is 1. The van der Waals surface area contributed by atoms with Crippen molar-refractivity contribution in [2.75, 3.05) is 11.6 Å². The van der Waals surface area contributed by atoms with Crippen molar-refractivity contribution >= 4 is 45.8 Å². The highest BCUT2D eigenvalue weighted by Crippen LogP contribution is 2.26. The summed E-state index contributed by atoms with van der Waals surface area (Å²) in [7, 11) is 0. The van der Waals surface area contributed by atoms with Gasteiger partial charge in [0.2, 0.25) is 0 Å². The number of rotatable bonds is 4. The number of nitrogens with zero attached hydrogens (tertiary/aromatic N) is 3. The summed E-state index contributed by atoms with van der Waals surface area (Å²) in [5.41, 5.74) is 2.21. The first-order valence-electron chi connectivity index (χ1n) is 7.03. The van der Waals surface area contributed by atoms with Crippen LogP contribution in [0.5, 0.6) is 0 Å². The van der Waals surface area contributed by atoms with Crippen LogP contribution in [0.4, 0.5) is 11.5 Å². The van der Waals surface area contributed by atoms with Gasteiger partial charge in [0.15, 0.2) is 5.16 Å². The fourth-order valence-electron chi connectivity index (χ4n) is 2.39. The molecule has 0 saturated carbocycles. The largest absolute Gasteiger partial charge is 0.345 e. The van der Waals surface area contributed by atoms with Crippen molar-refractivity contribution in [2.24, 2.45) is 0 Å². The summed E-state index contributed by atoms with van der Waals surface area (Å²) < 4.78 is 2.26. The van der Waals surface area contributed by atoms with Gasteiger partial charge in [0, 0.05) is 34.9 Å².